The van der Waals surface area contributed by atoms with Crippen LogP contribution < -0.4 is 4.72 Å². The molecule has 0 saturated heterocycles. The summed E-state index contributed by atoms with van der Waals surface area (Å²) < 4.78 is 61.9. The van der Waals surface area contributed by atoms with Gasteiger partial charge < -0.3 is 0 Å². The first kappa shape index (κ1) is 16.0. The van der Waals surface area contributed by atoms with Gasteiger partial charge in [0.15, 0.2) is 0 Å². The van der Waals surface area contributed by atoms with E-state index in [1.807, 2.05) is 0 Å². The topological polar surface area (TPSA) is 63.2 Å². The van der Waals surface area contributed by atoms with Gasteiger partial charge in [-0.2, -0.15) is 13.2 Å². The SMILES string of the molecule is O=C(NS(=O)(=O)c1ccccc1-c1ccccc1)C(F)(F)F. The highest BCUT2D eigenvalue weighted by molar-refractivity contribution is 7.90. The maximum Gasteiger partial charge on any atom is 0.472 e. The number of carbonyl (C=O) groups excluding carboxylic acids is 1. The van der Waals surface area contributed by atoms with Crippen LogP contribution in [-0.4, -0.2) is 20.5 Å². The van der Waals surface area contributed by atoms with Crippen molar-refractivity contribution in [3.8, 4) is 11.1 Å². The van der Waals surface area contributed by atoms with E-state index >= 15 is 0 Å². The highest BCUT2D eigenvalue weighted by Crippen LogP contribution is 2.27. The van der Waals surface area contributed by atoms with Crippen molar-refractivity contribution in [1.29, 1.82) is 0 Å². The molecule has 0 aliphatic heterocycles. The minimum Gasteiger partial charge on any atom is -0.263 e. The van der Waals surface area contributed by atoms with E-state index in [0.29, 0.717) is 5.56 Å². The fourth-order valence-corrected chi connectivity index (χ4v) is 2.99. The number of carbonyl (C=O) groups is 1. The number of benzene rings is 2. The van der Waals surface area contributed by atoms with Gasteiger partial charge in [0.05, 0.1) is 4.90 Å². The molecule has 0 radical (unpaired) electrons. The molecule has 0 saturated carbocycles. The normalized spacial score (nSPS) is 12.0. The molecule has 2 aromatic carbocycles. The predicted molar refractivity (Wildman–Crippen MR) is 73.3 cm³/mol. The second-order valence-corrected chi connectivity index (χ2v) is 5.95. The summed E-state index contributed by atoms with van der Waals surface area (Å²) in [5.41, 5.74) is 0.702. The third kappa shape index (κ3) is 3.45. The summed E-state index contributed by atoms with van der Waals surface area (Å²) in [5.74, 6) is -2.53. The summed E-state index contributed by atoms with van der Waals surface area (Å²) in [6.07, 6.45) is -5.28. The Kier molecular flexibility index (Phi) is 4.23. The Morgan fingerprint density at radius 2 is 1.45 bits per heavy atom. The van der Waals surface area contributed by atoms with Gasteiger partial charge in [0, 0.05) is 5.56 Å². The van der Waals surface area contributed by atoms with E-state index in [4.69, 9.17) is 0 Å². The third-order valence-corrected chi connectivity index (χ3v) is 4.14. The number of sulfonamides is 1. The molecule has 4 nitrogen and oxygen atoms in total. The van der Waals surface area contributed by atoms with Crippen molar-refractivity contribution in [2.24, 2.45) is 0 Å². The van der Waals surface area contributed by atoms with Crippen LogP contribution in [0.1, 0.15) is 0 Å². The first-order valence-electron chi connectivity index (χ1n) is 6.00. The Morgan fingerprint density at radius 3 is 2.05 bits per heavy atom. The van der Waals surface area contributed by atoms with Gasteiger partial charge in [-0.25, -0.2) is 13.1 Å². The monoisotopic (exact) mass is 329 g/mol. The van der Waals surface area contributed by atoms with E-state index in [0.717, 1.165) is 10.8 Å². The molecule has 0 fully saturated rings. The van der Waals surface area contributed by atoms with E-state index < -0.39 is 27.0 Å². The molecule has 0 spiro atoms. The second-order valence-electron chi connectivity index (χ2n) is 4.29. The Hall–Kier alpha value is -2.35. The van der Waals surface area contributed by atoms with E-state index in [9.17, 15) is 26.4 Å². The molecule has 8 heteroatoms. The Balaban J connectivity index is 2.47. The molecule has 0 heterocycles. The number of amides is 1. The van der Waals surface area contributed by atoms with Crippen LogP contribution in [0.25, 0.3) is 11.1 Å². The number of rotatable bonds is 3. The zero-order chi connectivity index (χ0) is 16.4. The van der Waals surface area contributed by atoms with Crippen molar-refractivity contribution in [3.63, 3.8) is 0 Å². The highest BCUT2D eigenvalue weighted by Gasteiger charge is 2.41. The third-order valence-electron chi connectivity index (χ3n) is 2.75. The number of hydrogen-bond acceptors (Lipinski definition) is 3. The van der Waals surface area contributed by atoms with Gasteiger partial charge in [0.1, 0.15) is 0 Å². The van der Waals surface area contributed by atoms with Crippen LogP contribution >= 0.6 is 0 Å². The largest absolute Gasteiger partial charge is 0.472 e. The molecule has 1 amide bonds. The van der Waals surface area contributed by atoms with Gasteiger partial charge in [-0.15, -0.1) is 0 Å². The van der Waals surface area contributed by atoms with Crippen molar-refractivity contribution in [2.45, 2.75) is 11.1 Å². The molecule has 2 rings (SSSR count). The first-order chi connectivity index (χ1) is 10.2. The summed E-state index contributed by atoms with van der Waals surface area (Å²) in [6, 6.07) is 13.7. The second kappa shape index (κ2) is 5.80. The Morgan fingerprint density at radius 1 is 0.909 bits per heavy atom. The highest BCUT2D eigenvalue weighted by atomic mass is 32.2. The van der Waals surface area contributed by atoms with Crippen LogP contribution in [0.15, 0.2) is 59.5 Å². The number of alkyl halides is 3. The van der Waals surface area contributed by atoms with Crippen LogP contribution in [0.3, 0.4) is 0 Å². The molecule has 22 heavy (non-hydrogen) atoms. The fraction of sp³-hybridized carbons (Fsp3) is 0.0714. The Labute approximate surface area is 124 Å². The standard InChI is InChI=1S/C14H10F3NO3S/c15-14(16,17)13(19)18-22(20,21)12-9-5-4-8-11(12)10-6-2-1-3-7-10/h1-9H,(H,18,19). The lowest BCUT2D eigenvalue weighted by molar-refractivity contribution is -0.171. The molecule has 2 aromatic rings. The summed E-state index contributed by atoms with van der Waals surface area (Å²) in [5, 5.41) is 0. The average Bonchev–Trinajstić information content (AvgIpc) is 2.47. The summed E-state index contributed by atoms with van der Waals surface area (Å²) >= 11 is 0. The maximum absolute atomic E-state index is 12.2. The number of hydrogen-bond donors (Lipinski definition) is 1. The lowest BCUT2D eigenvalue weighted by atomic mass is 10.1. The summed E-state index contributed by atoms with van der Waals surface area (Å²) in [6.45, 7) is 0. The van der Waals surface area contributed by atoms with Crippen LogP contribution in [0.4, 0.5) is 13.2 Å². The number of halogens is 3. The zero-order valence-corrected chi connectivity index (χ0v) is 11.8. The Bertz CT molecular complexity index is 786. The molecule has 0 aliphatic carbocycles. The van der Waals surface area contributed by atoms with Crippen molar-refractivity contribution in [3.05, 3.63) is 54.6 Å². The smallest absolute Gasteiger partial charge is 0.263 e. The van der Waals surface area contributed by atoms with Gasteiger partial charge in [-0.1, -0.05) is 48.5 Å². The van der Waals surface area contributed by atoms with Gasteiger partial charge in [-0.05, 0) is 11.6 Å². The van der Waals surface area contributed by atoms with Crippen molar-refractivity contribution < 1.29 is 26.4 Å². The molecule has 0 atom stereocenters. The summed E-state index contributed by atoms with van der Waals surface area (Å²) in [4.78, 5) is 10.5. The molecular weight excluding hydrogens is 319 g/mol. The van der Waals surface area contributed by atoms with Gasteiger partial charge in [-0.3, -0.25) is 4.79 Å². The number of nitrogens with one attached hydrogen (secondary N) is 1. The van der Waals surface area contributed by atoms with Gasteiger partial charge >= 0.3 is 12.1 Å². The molecule has 0 aromatic heterocycles. The van der Waals surface area contributed by atoms with Crippen LogP contribution in [0, 0.1) is 0 Å². The molecule has 0 aliphatic rings. The van der Waals surface area contributed by atoms with Crippen LogP contribution in [0.5, 0.6) is 0 Å². The van der Waals surface area contributed by atoms with E-state index in [2.05, 4.69) is 0 Å². The van der Waals surface area contributed by atoms with E-state index in [1.165, 1.54) is 12.1 Å². The van der Waals surface area contributed by atoms with Crippen molar-refractivity contribution in [1.82, 2.24) is 4.72 Å². The lowest BCUT2D eigenvalue weighted by Gasteiger charge is -2.12. The van der Waals surface area contributed by atoms with Crippen LogP contribution in [-0.2, 0) is 14.8 Å². The molecule has 0 unspecified atom stereocenters. The minimum absolute atomic E-state index is 0.200. The molecule has 1 N–H and O–H groups in total. The maximum atomic E-state index is 12.2. The average molecular weight is 329 g/mol. The quantitative estimate of drug-likeness (QED) is 0.942. The fourth-order valence-electron chi connectivity index (χ4n) is 1.79. The van der Waals surface area contributed by atoms with Gasteiger partial charge in [0.2, 0.25) is 0 Å². The molecule has 116 valence electrons. The molecule has 0 bridgehead atoms. The minimum atomic E-state index is -5.28. The van der Waals surface area contributed by atoms with E-state index in [1.54, 1.807) is 36.4 Å². The summed E-state index contributed by atoms with van der Waals surface area (Å²) in [7, 11) is -4.64. The van der Waals surface area contributed by atoms with Crippen molar-refractivity contribution >= 4 is 15.9 Å². The van der Waals surface area contributed by atoms with Gasteiger partial charge in [0.25, 0.3) is 10.0 Å². The van der Waals surface area contributed by atoms with Crippen LogP contribution in [0.2, 0.25) is 0 Å². The molecular formula is C14H10F3NO3S. The lowest BCUT2D eigenvalue weighted by Crippen LogP contribution is -2.40. The zero-order valence-electron chi connectivity index (χ0n) is 11.0. The first-order valence-corrected chi connectivity index (χ1v) is 7.48. The van der Waals surface area contributed by atoms with Crippen molar-refractivity contribution in [2.75, 3.05) is 0 Å². The predicted octanol–water partition coefficient (Wildman–Crippen LogP) is 2.72. The van der Waals surface area contributed by atoms with E-state index in [-0.39, 0.29) is 5.56 Å².